The van der Waals surface area contributed by atoms with Gasteiger partial charge in [-0.1, -0.05) is 12.2 Å². The number of carboxylic acids is 1. The van der Waals surface area contributed by atoms with Crippen molar-refractivity contribution in [1.82, 2.24) is 0 Å². The average molecular weight is 182 g/mol. The standard InChI is InChI=1S/C9H10O2S/c1-7-5-12-6-8(7)3-2-4-9(10)11/h2-3,5-6H,4H2,1H3,(H,10,11). The van der Waals surface area contributed by atoms with Crippen LogP contribution in [0.5, 0.6) is 0 Å². The summed E-state index contributed by atoms with van der Waals surface area (Å²) < 4.78 is 0. The summed E-state index contributed by atoms with van der Waals surface area (Å²) in [4.78, 5) is 10.2. The molecule has 0 aliphatic heterocycles. The summed E-state index contributed by atoms with van der Waals surface area (Å²) in [6.45, 7) is 2.01. The van der Waals surface area contributed by atoms with Crippen molar-refractivity contribution in [3.63, 3.8) is 0 Å². The predicted octanol–water partition coefficient (Wildman–Crippen LogP) is 2.54. The van der Waals surface area contributed by atoms with E-state index in [1.165, 1.54) is 5.56 Å². The summed E-state index contributed by atoms with van der Waals surface area (Å²) in [5.74, 6) is -0.792. The molecule has 2 nitrogen and oxygen atoms in total. The zero-order valence-electron chi connectivity index (χ0n) is 6.78. The zero-order chi connectivity index (χ0) is 8.97. The van der Waals surface area contributed by atoms with E-state index < -0.39 is 5.97 Å². The van der Waals surface area contributed by atoms with E-state index in [2.05, 4.69) is 0 Å². The van der Waals surface area contributed by atoms with Gasteiger partial charge in [-0.25, -0.2) is 0 Å². The van der Waals surface area contributed by atoms with Gasteiger partial charge in [0, 0.05) is 0 Å². The van der Waals surface area contributed by atoms with Gasteiger partial charge in [0.15, 0.2) is 0 Å². The van der Waals surface area contributed by atoms with Gasteiger partial charge in [-0.2, -0.15) is 11.3 Å². The van der Waals surface area contributed by atoms with Crippen LogP contribution in [0.15, 0.2) is 16.8 Å². The smallest absolute Gasteiger partial charge is 0.307 e. The van der Waals surface area contributed by atoms with E-state index in [9.17, 15) is 4.79 Å². The van der Waals surface area contributed by atoms with Crippen molar-refractivity contribution in [2.24, 2.45) is 0 Å². The molecule has 12 heavy (non-hydrogen) atoms. The lowest BCUT2D eigenvalue weighted by molar-refractivity contribution is -0.135. The molecule has 0 amide bonds. The summed E-state index contributed by atoms with van der Waals surface area (Å²) in [6, 6.07) is 0. The molecule has 0 radical (unpaired) electrons. The van der Waals surface area contributed by atoms with Crippen LogP contribution in [0.4, 0.5) is 0 Å². The molecule has 0 atom stereocenters. The van der Waals surface area contributed by atoms with Gasteiger partial charge < -0.3 is 5.11 Å². The number of carbonyl (C=O) groups is 1. The Morgan fingerprint density at radius 3 is 2.92 bits per heavy atom. The van der Waals surface area contributed by atoms with Gasteiger partial charge in [0.05, 0.1) is 6.42 Å². The van der Waals surface area contributed by atoms with E-state index in [0.717, 1.165) is 5.56 Å². The summed E-state index contributed by atoms with van der Waals surface area (Å²) in [6.07, 6.45) is 3.60. The maximum Gasteiger partial charge on any atom is 0.307 e. The SMILES string of the molecule is Cc1cscc1C=CCC(=O)O. The minimum atomic E-state index is -0.792. The van der Waals surface area contributed by atoms with E-state index in [0.29, 0.717) is 0 Å². The third kappa shape index (κ3) is 2.51. The fourth-order valence-corrected chi connectivity index (χ4v) is 1.65. The van der Waals surface area contributed by atoms with Crippen molar-refractivity contribution in [1.29, 1.82) is 0 Å². The van der Waals surface area contributed by atoms with Crippen LogP contribution in [0.2, 0.25) is 0 Å². The predicted molar refractivity (Wildman–Crippen MR) is 50.3 cm³/mol. The van der Waals surface area contributed by atoms with Crippen molar-refractivity contribution in [2.45, 2.75) is 13.3 Å². The summed E-state index contributed by atoms with van der Waals surface area (Å²) >= 11 is 1.63. The van der Waals surface area contributed by atoms with Crippen molar-refractivity contribution in [2.75, 3.05) is 0 Å². The van der Waals surface area contributed by atoms with Gasteiger partial charge in [-0.15, -0.1) is 0 Å². The third-order valence-electron chi connectivity index (χ3n) is 1.49. The lowest BCUT2D eigenvalue weighted by Gasteiger charge is -1.88. The van der Waals surface area contributed by atoms with Crippen LogP contribution < -0.4 is 0 Å². The first-order chi connectivity index (χ1) is 5.70. The first kappa shape index (κ1) is 9.00. The van der Waals surface area contributed by atoms with E-state index >= 15 is 0 Å². The molecule has 0 aliphatic rings. The minimum absolute atomic E-state index is 0.0925. The quantitative estimate of drug-likeness (QED) is 0.780. The van der Waals surface area contributed by atoms with Crippen molar-refractivity contribution >= 4 is 23.4 Å². The monoisotopic (exact) mass is 182 g/mol. The van der Waals surface area contributed by atoms with E-state index in [1.54, 1.807) is 17.4 Å². The highest BCUT2D eigenvalue weighted by molar-refractivity contribution is 7.08. The van der Waals surface area contributed by atoms with Crippen LogP contribution >= 0.6 is 11.3 Å². The first-order valence-electron chi connectivity index (χ1n) is 3.61. The Bertz CT molecular complexity index is 299. The fraction of sp³-hybridized carbons (Fsp3) is 0.222. The number of aryl methyl sites for hydroxylation is 1. The average Bonchev–Trinajstić information content (AvgIpc) is 2.36. The largest absolute Gasteiger partial charge is 0.481 e. The Balaban J connectivity index is 2.57. The minimum Gasteiger partial charge on any atom is -0.481 e. The summed E-state index contributed by atoms with van der Waals surface area (Å²) in [5.41, 5.74) is 2.31. The molecule has 1 aromatic rings. The normalized spacial score (nSPS) is 10.8. The first-order valence-corrected chi connectivity index (χ1v) is 4.55. The summed E-state index contributed by atoms with van der Waals surface area (Å²) in [5, 5.41) is 12.4. The van der Waals surface area contributed by atoms with Crippen molar-refractivity contribution in [3.05, 3.63) is 28.0 Å². The molecule has 0 aromatic carbocycles. The molecular formula is C9H10O2S. The summed E-state index contributed by atoms with van der Waals surface area (Å²) in [7, 11) is 0. The topological polar surface area (TPSA) is 37.3 Å². The second-order valence-electron chi connectivity index (χ2n) is 2.51. The highest BCUT2D eigenvalue weighted by Crippen LogP contribution is 2.15. The van der Waals surface area contributed by atoms with Crippen molar-refractivity contribution < 1.29 is 9.90 Å². The number of carboxylic acid groups (broad SMARTS) is 1. The fourth-order valence-electron chi connectivity index (χ4n) is 0.828. The lowest BCUT2D eigenvalue weighted by Crippen LogP contribution is -1.89. The molecule has 0 spiro atoms. The number of aliphatic carboxylic acids is 1. The van der Waals surface area contributed by atoms with E-state index in [4.69, 9.17) is 5.11 Å². The highest BCUT2D eigenvalue weighted by Gasteiger charge is 1.94. The molecule has 0 bridgehead atoms. The number of hydrogen-bond acceptors (Lipinski definition) is 2. The van der Waals surface area contributed by atoms with Gasteiger partial charge >= 0.3 is 5.97 Å². The molecule has 1 aromatic heterocycles. The number of thiophene rings is 1. The molecular weight excluding hydrogens is 172 g/mol. The maximum absolute atomic E-state index is 10.2. The molecule has 1 heterocycles. The van der Waals surface area contributed by atoms with Gasteiger partial charge in [-0.05, 0) is 28.8 Å². The molecule has 3 heteroatoms. The van der Waals surface area contributed by atoms with Gasteiger partial charge in [0.2, 0.25) is 0 Å². The Kier molecular flexibility index (Phi) is 3.05. The molecule has 0 unspecified atom stereocenters. The van der Waals surface area contributed by atoms with Crippen molar-refractivity contribution in [3.8, 4) is 0 Å². The van der Waals surface area contributed by atoms with E-state index in [-0.39, 0.29) is 6.42 Å². The van der Waals surface area contributed by atoms with Gasteiger partial charge in [0.1, 0.15) is 0 Å². The number of rotatable bonds is 3. The van der Waals surface area contributed by atoms with Crippen LogP contribution in [0.1, 0.15) is 17.5 Å². The van der Waals surface area contributed by atoms with Crippen LogP contribution in [0.3, 0.4) is 0 Å². The second-order valence-corrected chi connectivity index (χ2v) is 3.25. The second kappa shape index (κ2) is 4.07. The zero-order valence-corrected chi connectivity index (χ0v) is 7.60. The van der Waals surface area contributed by atoms with Crippen LogP contribution in [0.25, 0.3) is 6.08 Å². The molecule has 0 saturated heterocycles. The van der Waals surface area contributed by atoms with Crippen LogP contribution in [-0.2, 0) is 4.79 Å². The van der Waals surface area contributed by atoms with Gasteiger partial charge in [-0.3, -0.25) is 4.79 Å². The Hall–Kier alpha value is -1.09. The molecule has 64 valence electrons. The third-order valence-corrected chi connectivity index (χ3v) is 2.36. The molecule has 1 N–H and O–H groups in total. The highest BCUT2D eigenvalue weighted by atomic mass is 32.1. The van der Waals surface area contributed by atoms with Gasteiger partial charge in [0.25, 0.3) is 0 Å². The molecule has 0 saturated carbocycles. The molecule has 0 fully saturated rings. The van der Waals surface area contributed by atoms with Crippen LogP contribution in [0, 0.1) is 6.92 Å². The Labute approximate surface area is 75.2 Å². The Morgan fingerprint density at radius 1 is 1.67 bits per heavy atom. The number of hydrogen-bond donors (Lipinski definition) is 1. The molecule has 1 rings (SSSR count). The molecule has 0 aliphatic carbocycles. The maximum atomic E-state index is 10.2. The lowest BCUT2D eigenvalue weighted by atomic mass is 10.2. The van der Waals surface area contributed by atoms with Crippen LogP contribution in [-0.4, -0.2) is 11.1 Å². The Morgan fingerprint density at radius 2 is 2.42 bits per heavy atom. The van der Waals surface area contributed by atoms with E-state index in [1.807, 2.05) is 23.8 Å².